The molecule has 1 unspecified atom stereocenters. The Morgan fingerprint density at radius 1 is 0.943 bits per heavy atom. The molecular weight excluding hydrogens is 477 g/mol. The van der Waals surface area contributed by atoms with E-state index in [1.54, 1.807) is 36.4 Å². The van der Waals surface area contributed by atoms with E-state index in [0.29, 0.717) is 17.1 Å². The quantitative estimate of drug-likeness (QED) is 0.289. The van der Waals surface area contributed by atoms with Gasteiger partial charge in [-0.1, -0.05) is 29.8 Å². The highest BCUT2D eigenvalue weighted by Gasteiger charge is 2.48. The molecule has 180 valence electrons. The highest BCUT2D eigenvalue weighted by atomic mass is 35.5. The van der Waals surface area contributed by atoms with Crippen molar-refractivity contribution in [2.75, 3.05) is 26.2 Å². The number of hydrogen-bond donors (Lipinski definition) is 1. The van der Waals surface area contributed by atoms with Crippen molar-refractivity contribution in [2.24, 2.45) is 0 Å². The highest BCUT2D eigenvalue weighted by Crippen LogP contribution is 2.46. The molecule has 0 saturated carbocycles. The molecular formula is C26H21ClFNO6. The number of nitrogens with zero attached hydrogens (tertiary/aromatic N) is 1. The summed E-state index contributed by atoms with van der Waals surface area (Å²) in [7, 11) is 4.34. The number of para-hydroxylation sites is 1. The average Bonchev–Trinajstić information content (AvgIpc) is 3.14. The first-order valence-corrected chi connectivity index (χ1v) is 10.8. The topological polar surface area (TPSA) is 85.3 Å². The monoisotopic (exact) mass is 497 g/mol. The van der Waals surface area contributed by atoms with E-state index in [9.17, 15) is 19.1 Å². The van der Waals surface area contributed by atoms with Crippen LogP contribution in [0.25, 0.3) is 5.76 Å². The number of anilines is 1. The van der Waals surface area contributed by atoms with Crippen LogP contribution in [0, 0.1) is 5.82 Å². The summed E-state index contributed by atoms with van der Waals surface area (Å²) in [5, 5.41) is 11.2. The van der Waals surface area contributed by atoms with Crippen LogP contribution in [0.5, 0.6) is 17.2 Å². The van der Waals surface area contributed by atoms with Crippen molar-refractivity contribution < 1.29 is 33.3 Å². The number of carbonyl (C=O) groups is 2. The van der Waals surface area contributed by atoms with Gasteiger partial charge in [0.25, 0.3) is 11.7 Å². The summed E-state index contributed by atoms with van der Waals surface area (Å²) in [6.07, 6.45) is 0. The summed E-state index contributed by atoms with van der Waals surface area (Å²) in [6, 6.07) is 14.0. The first-order chi connectivity index (χ1) is 16.8. The Balaban J connectivity index is 2.01. The lowest BCUT2D eigenvalue weighted by molar-refractivity contribution is -0.132. The van der Waals surface area contributed by atoms with Gasteiger partial charge in [-0.05, 0) is 36.4 Å². The zero-order chi connectivity index (χ0) is 25.3. The van der Waals surface area contributed by atoms with Gasteiger partial charge in [-0.15, -0.1) is 0 Å². The van der Waals surface area contributed by atoms with E-state index in [1.807, 2.05) is 0 Å². The Kier molecular flexibility index (Phi) is 6.66. The van der Waals surface area contributed by atoms with Crippen LogP contribution in [-0.2, 0) is 9.59 Å². The molecule has 0 aliphatic carbocycles. The van der Waals surface area contributed by atoms with Crippen LogP contribution in [0.2, 0.25) is 5.02 Å². The zero-order valence-electron chi connectivity index (χ0n) is 19.0. The minimum absolute atomic E-state index is 0.176. The van der Waals surface area contributed by atoms with Gasteiger partial charge >= 0.3 is 0 Å². The van der Waals surface area contributed by atoms with Crippen LogP contribution < -0.4 is 19.1 Å². The highest BCUT2D eigenvalue weighted by molar-refractivity contribution is 6.52. The standard InChI is InChI=1S/C26H21ClFNO6/c1-33-15-9-10-17(21(13-15)35-3)24(30)22-23(16-6-4-5-7-20(16)34-2)29(26(32)25(22)31)14-8-11-19(28)18(27)12-14/h4-13,23,30H,1-3H3/b24-22+. The second-order valence-electron chi connectivity index (χ2n) is 7.58. The van der Waals surface area contributed by atoms with Crippen molar-refractivity contribution in [3.05, 3.63) is 88.2 Å². The smallest absolute Gasteiger partial charge is 0.300 e. The molecule has 1 saturated heterocycles. The molecule has 1 atom stereocenters. The Hall–Kier alpha value is -4.04. The number of aliphatic hydroxyl groups is 1. The number of ketones is 1. The lowest BCUT2D eigenvalue weighted by atomic mass is 9.94. The van der Waals surface area contributed by atoms with Gasteiger partial charge in [-0.25, -0.2) is 4.39 Å². The molecule has 0 radical (unpaired) electrons. The van der Waals surface area contributed by atoms with Gasteiger partial charge in [-0.3, -0.25) is 14.5 Å². The van der Waals surface area contributed by atoms with Crippen LogP contribution in [-0.4, -0.2) is 38.1 Å². The normalized spacial score (nSPS) is 16.9. The maximum Gasteiger partial charge on any atom is 0.300 e. The summed E-state index contributed by atoms with van der Waals surface area (Å²) in [4.78, 5) is 27.8. The summed E-state index contributed by atoms with van der Waals surface area (Å²) in [5.74, 6) is -1.89. The number of methoxy groups -OCH3 is 3. The maximum absolute atomic E-state index is 13.9. The first kappa shape index (κ1) is 24.1. The van der Waals surface area contributed by atoms with Crippen LogP contribution in [0.3, 0.4) is 0 Å². The maximum atomic E-state index is 13.9. The molecule has 9 heteroatoms. The predicted octanol–water partition coefficient (Wildman–Crippen LogP) is 5.13. The van der Waals surface area contributed by atoms with Crippen LogP contribution in [0.4, 0.5) is 10.1 Å². The third-order valence-corrected chi connectivity index (χ3v) is 6.01. The van der Waals surface area contributed by atoms with Gasteiger partial charge in [0.2, 0.25) is 0 Å². The Bertz CT molecular complexity index is 1360. The number of ether oxygens (including phenoxy) is 3. The predicted molar refractivity (Wildman–Crippen MR) is 129 cm³/mol. The molecule has 35 heavy (non-hydrogen) atoms. The van der Waals surface area contributed by atoms with Gasteiger partial charge in [-0.2, -0.15) is 0 Å². The van der Waals surface area contributed by atoms with E-state index in [-0.39, 0.29) is 27.6 Å². The van der Waals surface area contributed by atoms with E-state index in [1.165, 1.54) is 39.5 Å². The number of Topliss-reactive ketones (excluding diaryl/α,β-unsaturated/α-hetero) is 1. The van der Waals surface area contributed by atoms with Crippen LogP contribution >= 0.6 is 11.6 Å². The fourth-order valence-electron chi connectivity index (χ4n) is 4.06. The van der Waals surface area contributed by atoms with E-state index in [2.05, 4.69) is 0 Å². The Morgan fingerprint density at radius 3 is 2.31 bits per heavy atom. The minimum Gasteiger partial charge on any atom is -0.507 e. The number of hydrogen-bond acceptors (Lipinski definition) is 6. The molecule has 3 aromatic rings. The largest absolute Gasteiger partial charge is 0.507 e. The molecule has 4 rings (SSSR count). The Morgan fingerprint density at radius 2 is 1.66 bits per heavy atom. The van der Waals surface area contributed by atoms with Gasteiger partial charge in [0.05, 0.1) is 43.5 Å². The minimum atomic E-state index is -1.10. The molecule has 1 N–H and O–H groups in total. The molecule has 0 aromatic heterocycles. The third kappa shape index (κ3) is 4.17. The van der Waals surface area contributed by atoms with E-state index in [4.69, 9.17) is 25.8 Å². The summed E-state index contributed by atoms with van der Waals surface area (Å²) < 4.78 is 30.0. The number of halogens is 2. The number of amides is 1. The summed E-state index contributed by atoms with van der Waals surface area (Å²) in [6.45, 7) is 0. The third-order valence-electron chi connectivity index (χ3n) is 5.72. The van der Waals surface area contributed by atoms with Crippen LogP contribution in [0.15, 0.2) is 66.2 Å². The summed E-state index contributed by atoms with van der Waals surface area (Å²) >= 11 is 5.98. The molecule has 7 nitrogen and oxygen atoms in total. The number of rotatable bonds is 6. The lowest BCUT2D eigenvalue weighted by Gasteiger charge is -2.27. The molecule has 1 aliphatic heterocycles. The van der Waals surface area contributed by atoms with Crippen molar-refractivity contribution in [1.82, 2.24) is 0 Å². The van der Waals surface area contributed by atoms with Crippen molar-refractivity contribution >= 4 is 34.7 Å². The molecule has 0 spiro atoms. The number of aliphatic hydroxyl groups excluding tert-OH is 1. The van der Waals surface area contributed by atoms with Gasteiger partial charge in [0.15, 0.2) is 0 Å². The lowest BCUT2D eigenvalue weighted by Crippen LogP contribution is -2.29. The molecule has 3 aromatic carbocycles. The molecule has 1 fully saturated rings. The average molecular weight is 498 g/mol. The number of benzene rings is 3. The molecule has 1 amide bonds. The van der Waals surface area contributed by atoms with Crippen molar-refractivity contribution in [3.63, 3.8) is 0 Å². The number of carbonyl (C=O) groups excluding carboxylic acids is 2. The second-order valence-corrected chi connectivity index (χ2v) is 7.98. The van der Waals surface area contributed by atoms with Crippen molar-refractivity contribution in [3.8, 4) is 17.2 Å². The fourth-order valence-corrected chi connectivity index (χ4v) is 4.23. The van der Waals surface area contributed by atoms with Gasteiger partial charge in [0, 0.05) is 17.3 Å². The van der Waals surface area contributed by atoms with Gasteiger partial charge < -0.3 is 19.3 Å². The zero-order valence-corrected chi connectivity index (χ0v) is 19.8. The summed E-state index contributed by atoms with van der Waals surface area (Å²) in [5.41, 5.74) is 0.602. The van der Waals surface area contributed by atoms with E-state index in [0.717, 1.165) is 11.0 Å². The first-order valence-electron chi connectivity index (χ1n) is 10.4. The molecule has 1 aliphatic rings. The Labute approximate surface area is 205 Å². The van der Waals surface area contributed by atoms with Gasteiger partial charge in [0.1, 0.15) is 28.8 Å². The van der Waals surface area contributed by atoms with Crippen molar-refractivity contribution in [2.45, 2.75) is 6.04 Å². The van der Waals surface area contributed by atoms with Crippen LogP contribution in [0.1, 0.15) is 17.2 Å². The molecule has 0 bridgehead atoms. The van der Waals surface area contributed by atoms with Crippen molar-refractivity contribution in [1.29, 1.82) is 0 Å². The van der Waals surface area contributed by atoms with E-state index < -0.39 is 29.3 Å². The molecule has 1 heterocycles. The SMILES string of the molecule is COc1ccc(/C(O)=C2\C(=O)C(=O)N(c3ccc(F)c(Cl)c3)C2c2ccccc2OC)c(OC)c1. The van der Waals surface area contributed by atoms with E-state index >= 15 is 0 Å². The second kappa shape index (κ2) is 9.68. The fraction of sp³-hybridized carbons (Fsp3) is 0.154.